The summed E-state index contributed by atoms with van der Waals surface area (Å²) in [5.74, 6) is -2.10. The first-order valence-electron chi connectivity index (χ1n) is 12.7. The fourth-order valence-corrected chi connectivity index (χ4v) is 3.78. The van der Waals surface area contributed by atoms with E-state index in [-0.39, 0.29) is 11.3 Å². The Labute approximate surface area is 224 Å². The van der Waals surface area contributed by atoms with Crippen LogP contribution in [0.4, 0.5) is 4.79 Å². The minimum atomic E-state index is -1.44. The van der Waals surface area contributed by atoms with Gasteiger partial charge in [0.05, 0.1) is 13.7 Å². The monoisotopic (exact) mass is 537 g/mol. The molecule has 0 heterocycles. The first-order chi connectivity index (χ1) is 17.6. The molecule has 0 bridgehead atoms. The molecule has 11 heteroatoms. The highest BCUT2D eigenvalue weighted by Gasteiger charge is 2.40. The zero-order valence-electron chi connectivity index (χ0n) is 23.7. The van der Waals surface area contributed by atoms with Gasteiger partial charge in [-0.25, -0.2) is 4.79 Å². The quantitative estimate of drug-likeness (QED) is 0.297. The van der Waals surface area contributed by atoms with Gasteiger partial charge in [0.2, 0.25) is 11.8 Å². The van der Waals surface area contributed by atoms with Crippen molar-refractivity contribution >= 4 is 23.9 Å². The van der Waals surface area contributed by atoms with E-state index in [0.29, 0.717) is 24.3 Å². The second-order valence-electron chi connectivity index (χ2n) is 10.7. The maximum atomic E-state index is 13.9. The number of methoxy groups -OCH3 is 1. The van der Waals surface area contributed by atoms with Gasteiger partial charge in [-0.1, -0.05) is 32.0 Å². The highest BCUT2D eigenvalue weighted by atomic mass is 16.6. The number of aryl methyl sites for hydroxylation is 1. The summed E-state index contributed by atoms with van der Waals surface area (Å²) in [7, 11) is 1.18. The summed E-state index contributed by atoms with van der Waals surface area (Å²) in [4.78, 5) is 52.9. The molecule has 1 aromatic rings. The molecule has 0 radical (unpaired) electrons. The molecule has 0 aliphatic rings. The van der Waals surface area contributed by atoms with Crippen molar-refractivity contribution in [3.05, 3.63) is 29.3 Å². The molecule has 1 aromatic carbocycles. The number of benzene rings is 1. The van der Waals surface area contributed by atoms with Gasteiger partial charge in [-0.3, -0.25) is 14.4 Å². The van der Waals surface area contributed by atoms with Gasteiger partial charge in [-0.2, -0.15) is 0 Å². The molecule has 3 atom stereocenters. The van der Waals surface area contributed by atoms with Crippen LogP contribution in [0.5, 0.6) is 5.75 Å². The molecule has 0 saturated carbocycles. The van der Waals surface area contributed by atoms with Crippen molar-refractivity contribution in [2.45, 2.75) is 85.0 Å². The second-order valence-corrected chi connectivity index (χ2v) is 10.7. The summed E-state index contributed by atoms with van der Waals surface area (Å²) >= 11 is 0. The van der Waals surface area contributed by atoms with Crippen LogP contribution in [0.25, 0.3) is 0 Å². The molecule has 214 valence electrons. The number of hydrogen-bond acceptors (Lipinski definition) is 8. The molecule has 0 spiro atoms. The topological polar surface area (TPSA) is 154 Å². The average molecular weight is 538 g/mol. The number of para-hydroxylation sites is 1. The summed E-state index contributed by atoms with van der Waals surface area (Å²) in [6, 6.07) is 1.41. The van der Waals surface area contributed by atoms with Gasteiger partial charge in [0.15, 0.2) is 0 Å². The lowest BCUT2D eigenvalue weighted by molar-refractivity contribution is -0.147. The van der Waals surface area contributed by atoms with E-state index in [2.05, 4.69) is 15.4 Å². The molecule has 0 aromatic heterocycles. The Kier molecular flexibility index (Phi) is 12.5. The lowest BCUT2D eigenvalue weighted by atomic mass is 9.95. The molecule has 11 nitrogen and oxygen atoms in total. The average Bonchev–Trinajstić information content (AvgIpc) is 2.83. The number of nitrogens with zero attached hydrogens (tertiary/aromatic N) is 1. The first-order valence-corrected chi connectivity index (χ1v) is 12.7. The smallest absolute Gasteiger partial charge is 0.408 e. The first kappa shape index (κ1) is 32.7. The Morgan fingerprint density at radius 3 is 2.24 bits per heavy atom. The van der Waals surface area contributed by atoms with Crippen LogP contribution >= 0.6 is 0 Å². The number of aromatic hydroxyl groups is 1. The summed E-state index contributed by atoms with van der Waals surface area (Å²) in [6.07, 6.45) is 0.288. The summed E-state index contributed by atoms with van der Waals surface area (Å²) < 4.78 is 9.85. The van der Waals surface area contributed by atoms with Gasteiger partial charge in [-0.05, 0) is 58.9 Å². The maximum Gasteiger partial charge on any atom is 0.408 e. The predicted molar refractivity (Wildman–Crippen MR) is 141 cm³/mol. The standard InChI is InChI=1S/C27H43N3O8/c1-16(2)12-13-18(4)30(25(35)20(15-31)29-26(36)38-27(5,6)7)22(24(34)28-14-21(32)37-8)19-11-9-10-17(3)23(19)33/h9-11,16,18,20,22,31,33H,12-15H2,1-8H3,(H,28,34)(H,29,36). The van der Waals surface area contributed by atoms with Crippen LogP contribution in [-0.4, -0.2) is 76.9 Å². The Morgan fingerprint density at radius 1 is 1.08 bits per heavy atom. The minimum Gasteiger partial charge on any atom is -0.507 e. The van der Waals surface area contributed by atoms with Crippen molar-refractivity contribution in [1.82, 2.24) is 15.5 Å². The highest BCUT2D eigenvalue weighted by molar-refractivity contribution is 5.94. The van der Waals surface area contributed by atoms with Gasteiger partial charge in [-0.15, -0.1) is 0 Å². The molecule has 0 aliphatic heterocycles. The number of phenolic OH excluding ortho intramolecular Hbond substituents is 1. The number of hydrogen-bond donors (Lipinski definition) is 4. The van der Waals surface area contributed by atoms with E-state index in [0.717, 1.165) is 0 Å². The fraction of sp³-hybridized carbons (Fsp3) is 0.630. The van der Waals surface area contributed by atoms with E-state index in [9.17, 15) is 29.4 Å². The molecule has 0 aliphatic carbocycles. The van der Waals surface area contributed by atoms with E-state index in [4.69, 9.17) is 4.74 Å². The SMILES string of the molecule is COC(=O)CNC(=O)C(c1cccc(C)c1O)N(C(=O)C(CO)NC(=O)OC(C)(C)C)C(C)CCC(C)C. The Balaban J connectivity index is 3.61. The third-order valence-corrected chi connectivity index (χ3v) is 5.79. The van der Waals surface area contributed by atoms with E-state index in [1.165, 1.54) is 18.1 Å². The van der Waals surface area contributed by atoms with Crippen molar-refractivity contribution in [1.29, 1.82) is 0 Å². The maximum absolute atomic E-state index is 13.9. The molecule has 4 N–H and O–H groups in total. The van der Waals surface area contributed by atoms with Crippen LogP contribution in [0.2, 0.25) is 0 Å². The van der Waals surface area contributed by atoms with Crippen LogP contribution in [-0.2, 0) is 23.9 Å². The van der Waals surface area contributed by atoms with E-state index < -0.39 is 60.8 Å². The number of aliphatic hydroxyl groups is 1. The molecular formula is C27H43N3O8. The number of rotatable bonds is 12. The van der Waals surface area contributed by atoms with E-state index >= 15 is 0 Å². The number of carbonyl (C=O) groups excluding carboxylic acids is 4. The number of amides is 3. The zero-order chi connectivity index (χ0) is 29.2. The van der Waals surface area contributed by atoms with Crippen molar-refractivity contribution in [2.75, 3.05) is 20.3 Å². The molecule has 3 amide bonds. The normalized spacial score (nSPS) is 13.7. The number of carbonyl (C=O) groups is 4. The van der Waals surface area contributed by atoms with Crippen molar-refractivity contribution in [3.8, 4) is 5.75 Å². The number of nitrogens with one attached hydrogen (secondary N) is 2. The molecular weight excluding hydrogens is 494 g/mol. The third-order valence-electron chi connectivity index (χ3n) is 5.79. The highest BCUT2D eigenvalue weighted by Crippen LogP contribution is 2.34. The second kappa shape index (κ2) is 14.6. The number of ether oxygens (including phenoxy) is 2. The Morgan fingerprint density at radius 2 is 1.71 bits per heavy atom. The summed E-state index contributed by atoms with van der Waals surface area (Å²) in [5, 5.41) is 25.8. The van der Waals surface area contributed by atoms with Crippen molar-refractivity contribution in [3.63, 3.8) is 0 Å². The molecule has 0 fully saturated rings. The summed E-state index contributed by atoms with van der Waals surface area (Å²) in [6.45, 7) is 11.2. The fourth-order valence-electron chi connectivity index (χ4n) is 3.78. The molecule has 3 unspecified atom stereocenters. The van der Waals surface area contributed by atoms with E-state index in [1.807, 2.05) is 13.8 Å². The van der Waals surface area contributed by atoms with Crippen LogP contribution in [0.1, 0.15) is 71.6 Å². The molecule has 0 saturated heterocycles. The lowest BCUT2D eigenvalue weighted by Crippen LogP contribution is -2.57. The van der Waals surface area contributed by atoms with Crippen molar-refractivity contribution in [2.24, 2.45) is 5.92 Å². The third kappa shape index (κ3) is 9.85. The number of aliphatic hydroxyl groups excluding tert-OH is 1. The van der Waals surface area contributed by atoms with Gasteiger partial charge in [0.1, 0.15) is 30.0 Å². The van der Waals surface area contributed by atoms with Crippen LogP contribution in [0, 0.1) is 12.8 Å². The number of alkyl carbamates (subject to hydrolysis) is 1. The Hall–Kier alpha value is -3.34. The molecule has 38 heavy (non-hydrogen) atoms. The van der Waals surface area contributed by atoms with Gasteiger partial charge in [0.25, 0.3) is 0 Å². The van der Waals surface area contributed by atoms with Crippen LogP contribution in [0.3, 0.4) is 0 Å². The lowest BCUT2D eigenvalue weighted by Gasteiger charge is -2.38. The van der Waals surface area contributed by atoms with Crippen LogP contribution in [0.15, 0.2) is 18.2 Å². The zero-order valence-corrected chi connectivity index (χ0v) is 23.7. The summed E-state index contributed by atoms with van der Waals surface area (Å²) in [5.41, 5.74) is -0.242. The minimum absolute atomic E-state index is 0.131. The van der Waals surface area contributed by atoms with E-state index in [1.54, 1.807) is 46.8 Å². The largest absolute Gasteiger partial charge is 0.507 e. The van der Waals surface area contributed by atoms with Crippen molar-refractivity contribution < 1.29 is 38.9 Å². The van der Waals surface area contributed by atoms with Gasteiger partial charge in [0, 0.05) is 11.6 Å². The number of esters is 1. The molecule has 1 rings (SSSR count). The van der Waals surface area contributed by atoms with Crippen LogP contribution < -0.4 is 10.6 Å². The predicted octanol–water partition coefficient (Wildman–Crippen LogP) is 2.57. The number of phenols is 1. The van der Waals surface area contributed by atoms with Gasteiger partial charge >= 0.3 is 12.1 Å². The van der Waals surface area contributed by atoms with Gasteiger partial charge < -0.3 is 35.2 Å². The Bertz CT molecular complexity index is 974.